The van der Waals surface area contributed by atoms with Gasteiger partial charge in [-0.2, -0.15) is 0 Å². The van der Waals surface area contributed by atoms with Crippen molar-refractivity contribution in [3.8, 4) is 0 Å². The molecule has 0 atom stereocenters. The van der Waals surface area contributed by atoms with E-state index in [4.69, 9.17) is 12.2 Å². The highest BCUT2D eigenvalue weighted by atomic mass is 32.1. The van der Waals surface area contributed by atoms with E-state index in [2.05, 4.69) is 16.0 Å². The van der Waals surface area contributed by atoms with Crippen molar-refractivity contribution in [2.24, 2.45) is 0 Å². The summed E-state index contributed by atoms with van der Waals surface area (Å²) in [7, 11) is 1.63. The van der Waals surface area contributed by atoms with Gasteiger partial charge in [0.05, 0.1) is 0 Å². The minimum atomic E-state index is -0.247. The van der Waals surface area contributed by atoms with E-state index in [1.807, 2.05) is 43.3 Å². The zero-order chi connectivity index (χ0) is 18.2. The number of hydrogen-bond donors (Lipinski definition) is 3. The fraction of sp³-hybridized carbons (Fsp3) is 0.211. The van der Waals surface area contributed by atoms with Crippen LogP contribution in [0.25, 0.3) is 0 Å². The van der Waals surface area contributed by atoms with Crippen LogP contribution in [0, 0.1) is 6.92 Å². The first kappa shape index (κ1) is 18.6. The summed E-state index contributed by atoms with van der Waals surface area (Å²) < 4.78 is 0. The minimum Gasteiger partial charge on any atom is -0.359 e. The van der Waals surface area contributed by atoms with E-state index in [-0.39, 0.29) is 16.9 Å². The second-order valence-electron chi connectivity index (χ2n) is 5.65. The molecule has 0 aliphatic heterocycles. The second-order valence-corrected chi connectivity index (χ2v) is 6.06. The topological polar surface area (TPSA) is 70.2 Å². The maximum absolute atomic E-state index is 12.2. The van der Waals surface area contributed by atoms with Crippen LogP contribution in [0.4, 0.5) is 5.69 Å². The molecule has 2 amide bonds. The van der Waals surface area contributed by atoms with E-state index < -0.39 is 0 Å². The van der Waals surface area contributed by atoms with Crippen LogP contribution in [0.3, 0.4) is 0 Å². The van der Waals surface area contributed by atoms with E-state index in [9.17, 15) is 9.59 Å². The molecule has 2 aromatic rings. The molecule has 0 radical (unpaired) electrons. The predicted molar refractivity (Wildman–Crippen MR) is 104 cm³/mol. The van der Waals surface area contributed by atoms with Crippen molar-refractivity contribution in [1.82, 2.24) is 10.6 Å². The van der Waals surface area contributed by atoms with Crippen LogP contribution in [0.2, 0.25) is 0 Å². The lowest BCUT2D eigenvalue weighted by molar-refractivity contribution is -0.120. The molecule has 0 unspecified atom stereocenters. The number of amides is 2. The quantitative estimate of drug-likeness (QED) is 0.722. The van der Waals surface area contributed by atoms with Gasteiger partial charge in [-0.15, -0.1) is 0 Å². The Kier molecular flexibility index (Phi) is 6.65. The lowest BCUT2D eigenvalue weighted by atomic mass is 10.1. The molecule has 6 heteroatoms. The summed E-state index contributed by atoms with van der Waals surface area (Å²) in [5, 5.41) is 8.48. The Morgan fingerprint density at radius 3 is 2.44 bits per heavy atom. The number of rotatable bonds is 5. The largest absolute Gasteiger partial charge is 0.359 e. The molecule has 0 heterocycles. The second kappa shape index (κ2) is 8.94. The third kappa shape index (κ3) is 6.00. The molecular formula is C19H21N3O2S. The van der Waals surface area contributed by atoms with Crippen LogP contribution in [0.5, 0.6) is 0 Å². The predicted octanol–water partition coefficient (Wildman–Crippen LogP) is 2.80. The molecule has 0 aliphatic carbocycles. The lowest BCUT2D eigenvalue weighted by Gasteiger charge is -2.10. The third-order valence-electron chi connectivity index (χ3n) is 3.64. The minimum absolute atomic E-state index is 0.0160. The zero-order valence-electron chi connectivity index (χ0n) is 14.3. The van der Waals surface area contributed by atoms with Crippen LogP contribution >= 0.6 is 12.2 Å². The molecule has 0 aliphatic rings. The van der Waals surface area contributed by atoms with Crippen LogP contribution in [-0.4, -0.2) is 24.0 Å². The Morgan fingerprint density at radius 2 is 1.80 bits per heavy atom. The molecule has 0 aromatic heterocycles. The lowest BCUT2D eigenvalue weighted by Crippen LogP contribution is -2.34. The van der Waals surface area contributed by atoms with E-state index >= 15 is 0 Å². The average Bonchev–Trinajstić information content (AvgIpc) is 2.60. The summed E-state index contributed by atoms with van der Waals surface area (Å²) in [6.45, 7) is 1.93. The van der Waals surface area contributed by atoms with Gasteiger partial charge in [0.2, 0.25) is 5.91 Å². The monoisotopic (exact) mass is 355 g/mol. The van der Waals surface area contributed by atoms with E-state index in [1.165, 1.54) is 0 Å². The van der Waals surface area contributed by atoms with Gasteiger partial charge < -0.3 is 10.6 Å². The van der Waals surface area contributed by atoms with Gasteiger partial charge in [-0.3, -0.25) is 14.9 Å². The van der Waals surface area contributed by atoms with Crippen molar-refractivity contribution < 1.29 is 9.59 Å². The number of thiocarbonyl (C=S) groups is 1. The van der Waals surface area contributed by atoms with Gasteiger partial charge in [0, 0.05) is 24.7 Å². The molecular weight excluding hydrogens is 334 g/mol. The standard InChI is InChI=1S/C19H21N3O2S/c1-13-4-3-5-15(12-13)18(24)22-19(25)21-16-9-6-14(7-10-16)8-11-17(23)20-2/h3-7,9-10,12H,8,11H2,1-2H3,(H,20,23)(H2,21,22,24,25). The van der Waals surface area contributed by atoms with Gasteiger partial charge in [0.25, 0.3) is 5.91 Å². The molecule has 130 valence electrons. The molecule has 0 saturated heterocycles. The SMILES string of the molecule is CNC(=O)CCc1ccc(NC(=S)NC(=O)c2cccc(C)c2)cc1. The van der Waals surface area contributed by atoms with Crippen molar-refractivity contribution in [1.29, 1.82) is 0 Å². The van der Waals surface area contributed by atoms with E-state index in [0.717, 1.165) is 16.8 Å². The molecule has 2 aromatic carbocycles. The smallest absolute Gasteiger partial charge is 0.257 e. The molecule has 0 bridgehead atoms. The van der Waals surface area contributed by atoms with Crippen LogP contribution < -0.4 is 16.0 Å². The highest BCUT2D eigenvalue weighted by molar-refractivity contribution is 7.80. The van der Waals surface area contributed by atoms with Crippen LogP contribution in [0.1, 0.15) is 27.9 Å². The third-order valence-corrected chi connectivity index (χ3v) is 3.84. The first-order valence-electron chi connectivity index (χ1n) is 7.96. The van der Waals surface area contributed by atoms with Crippen LogP contribution in [0.15, 0.2) is 48.5 Å². The fourth-order valence-corrected chi connectivity index (χ4v) is 2.47. The first-order valence-corrected chi connectivity index (χ1v) is 8.37. The maximum Gasteiger partial charge on any atom is 0.257 e. The Balaban J connectivity index is 1.88. The summed E-state index contributed by atoms with van der Waals surface area (Å²) in [5.74, 6) is -0.231. The summed E-state index contributed by atoms with van der Waals surface area (Å²) >= 11 is 5.18. The number of aryl methyl sites for hydroxylation is 2. The molecule has 3 N–H and O–H groups in total. The molecule has 5 nitrogen and oxygen atoms in total. The van der Waals surface area contributed by atoms with Gasteiger partial charge in [-0.05, 0) is 55.4 Å². The zero-order valence-corrected chi connectivity index (χ0v) is 15.1. The summed E-state index contributed by atoms with van der Waals surface area (Å²) in [6, 6.07) is 14.9. The van der Waals surface area contributed by atoms with Crippen molar-refractivity contribution in [3.63, 3.8) is 0 Å². The van der Waals surface area contributed by atoms with Gasteiger partial charge in [0.1, 0.15) is 0 Å². The van der Waals surface area contributed by atoms with E-state index in [0.29, 0.717) is 18.4 Å². The van der Waals surface area contributed by atoms with Crippen molar-refractivity contribution in [2.45, 2.75) is 19.8 Å². The number of nitrogens with one attached hydrogen (secondary N) is 3. The van der Waals surface area contributed by atoms with Crippen molar-refractivity contribution in [3.05, 3.63) is 65.2 Å². The molecule has 0 saturated carbocycles. The van der Waals surface area contributed by atoms with Gasteiger partial charge in [-0.25, -0.2) is 0 Å². The maximum atomic E-state index is 12.2. The number of carbonyl (C=O) groups excluding carboxylic acids is 2. The summed E-state index contributed by atoms with van der Waals surface area (Å²) in [4.78, 5) is 23.4. The number of carbonyl (C=O) groups is 2. The van der Waals surface area contributed by atoms with Crippen LogP contribution in [-0.2, 0) is 11.2 Å². The Labute approximate surface area is 152 Å². The Hall–Kier alpha value is -2.73. The molecule has 0 fully saturated rings. The average molecular weight is 355 g/mol. The highest BCUT2D eigenvalue weighted by Crippen LogP contribution is 2.11. The van der Waals surface area contributed by atoms with Gasteiger partial charge in [0.15, 0.2) is 5.11 Å². The fourth-order valence-electron chi connectivity index (χ4n) is 2.26. The highest BCUT2D eigenvalue weighted by Gasteiger charge is 2.08. The van der Waals surface area contributed by atoms with E-state index in [1.54, 1.807) is 19.2 Å². The first-order chi connectivity index (χ1) is 12.0. The summed E-state index contributed by atoms with van der Waals surface area (Å²) in [6.07, 6.45) is 1.13. The molecule has 0 spiro atoms. The summed E-state index contributed by atoms with van der Waals surface area (Å²) in [5.41, 5.74) is 3.41. The number of hydrogen-bond acceptors (Lipinski definition) is 3. The molecule has 2 rings (SSSR count). The van der Waals surface area contributed by atoms with Crippen molar-refractivity contribution in [2.75, 3.05) is 12.4 Å². The number of benzene rings is 2. The Morgan fingerprint density at radius 1 is 1.08 bits per heavy atom. The van der Waals surface area contributed by atoms with Gasteiger partial charge >= 0.3 is 0 Å². The van der Waals surface area contributed by atoms with Crippen molar-refractivity contribution >= 4 is 34.8 Å². The normalized spacial score (nSPS) is 10.0. The Bertz CT molecular complexity index is 772. The molecule has 25 heavy (non-hydrogen) atoms. The number of anilines is 1. The van der Waals surface area contributed by atoms with Gasteiger partial charge in [-0.1, -0.05) is 29.8 Å².